The predicted molar refractivity (Wildman–Crippen MR) is 349 cm³/mol. The van der Waals surface area contributed by atoms with E-state index in [9.17, 15) is 19.0 Å². The summed E-state index contributed by atoms with van der Waals surface area (Å²) in [5, 5.41) is 0. The van der Waals surface area contributed by atoms with Crippen molar-refractivity contribution in [2.24, 2.45) is 0 Å². The number of phosphoric ester groups is 1. The molecule has 9 nitrogen and oxygen atoms in total. The van der Waals surface area contributed by atoms with Gasteiger partial charge in [0.2, 0.25) is 0 Å². The number of quaternary nitrogens is 1. The van der Waals surface area contributed by atoms with Gasteiger partial charge < -0.3 is 18.9 Å². The second-order valence-corrected chi connectivity index (χ2v) is 25.6. The van der Waals surface area contributed by atoms with E-state index in [0.717, 1.165) is 96.3 Å². The lowest BCUT2D eigenvalue weighted by molar-refractivity contribution is -0.870. The highest BCUT2D eigenvalue weighted by molar-refractivity contribution is 7.47. The van der Waals surface area contributed by atoms with Crippen LogP contribution in [-0.4, -0.2) is 74.9 Å². The summed E-state index contributed by atoms with van der Waals surface area (Å²) in [5.74, 6) is -0.804. The maximum atomic E-state index is 12.9. The molecule has 0 fully saturated rings. The summed E-state index contributed by atoms with van der Waals surface area (Å²) < 4.78 is 34.7. The topological polar surface area (TPSA) is 108 Å². The number of rotatable bonds is 63. The largest absolute Gasteiger partial charge is 0.472 e. The Hall–Kier alpha value is -2.55. The second-order valence-electron chi connectivity index (χ2n) is 24.2. The van der Waals surface area contributed by atoms with E-state index in [0.29, 0.717) is 17.4 Å². The maximum Gasteiger partial charge on any atom is 0.472 e. The van der Waals surface area contributed by atoms with Gasteiger partial charge in [-0.3, -0.25) is 18.6 Å². The first-order valence-electron chi connectivity index (χ1n) is 34.2. The fourth-order valence-corrected chi connectivity index (χ4v) is 10.5. The summed E-state index contributed by atoms with van der Waals surface area (Å²) in [6, 6.07) is 0. The average Bonchev–Trinajstić information content (AvgIpc) is 3.43. The Balaban J connectivity index is 4.05. The van der Waals surface area contributed by atoms with E-state index in [-0.39, 0.29) is 32.0 Å². The zero-order valence-corrected chi connectivity index (χ0v) is 54.7. The zero-order chi connectivity index (χ0) is 59.1. The zero-order valence-electron chi connectivity index (χ0n) is 53.8. The van der Waals surface area contributed by atoms with E-state index in [1.807, 2.05) is 21.1 Å². The molecule has 472 valence electrons. The number of esters is 2. The van der Waals surface area contributed by atoms with Gasteiger partial charge in [0.05, 0.1) is 27.7 Å². The van der Waals surface area contributed by atoms with E-state index in [4.69, 9.17) is 18.5 Å². The van der Waals surface area contributed by atoms with Gasteiger partial charge in [-0.25, -0.2) is 4.57 Å². The summed E-state index contributed by atoms with van der Waals surface area (Å²) in [6.07, 6.45) is 83.0. The highest BCUT2D eigenvalue weighted by Gasteiger charge is 2.27. The van der Waals surface area contributed by atoms with Gasteiger partial charge in [0, 0.05) is 12.8 Å². The lowest BCUT2D eigenvalue weighted by Crippen LogP contribution is -2.37. The van der Waals surface area contributed by atoms with Crippen molar-refractivity contribution < 1.29 is 42.1 Å². The number of unbranched alkanes of at least 4 members (excludes halogenated alkanes) is 37. The number of hydrogen-bond acceptors (Lipinski definition) is 7. The van der Waals surface area contributed by atoms with Gasteiger partial charge in [-0.1, -0.05) is 311 Å². The van der Waals surface area contributed by atoms with Gasteiger partial charge in [-0.2, -0.15) is 0 Å². The van der Waals surface area contributed by atoms with E-state index >= 15 is 0 Å². The van der Waals surface area contributed by atoms with Gasteiger partial charge >= 0.3 is 19.8 Å². The smallest absolute Gasteiger partial charge is 0.462 e. The predicted octanol–water partition coefficient (Wildman–Crippen LogP) is 22.0. The van der Waals surface area contributed by atoms with Crippen molar-refractivity contribution in [1.29, 1.82) is 0 Å². The van der Waals surface area contributed by atoms with Gasteiger partial charge in [0.15, 0.2) is 6.10 Å². The Bertz CT molecular complexity index is 1600. The number of ether oxygens (including phenoxy) is 2. The second kappa shape index (κ2) is 62.0. The molecule has 0 aliphatic rings. The van der Waals surface area contributed by atoms with Crippen LogP contribution >= 0.6 is 7.82 Å². The van der Waals surface area contributed by atoms with Gasteiger partial charge in [0.25, 0.3) is 0 Å². The third-order valence-corrected chi connectivity index (χ3v) is 16.0. The Morgan fingerprint density at radius 1 is 0.395 bits per heavy atom. The molecule has 0 aliphatic carbocycles. The van der Waals surface area contributed by atoms with Crippen molar-refractivity contribution in [3.8, 4) is 0 Å². The number of carbonyl (C=O) groups excluding carboxylic acids is 2. The highest BCUT2D eigenvalue weighted by Crippen LogP contribution is 2.43. The van der Waals surface area contributed by atoms with Crippen molar-refractivity contribution in [2.75, 3.05) is 47.5 Å². The molecule has 0 rings (SSSR count). The molecule has 0 aromatic rings. The molecule has 0 saturated carbocycles. The third-order valence-electron chi connectivity index (χ3n) is 15.0. The summed E-state index contributed by atoms with van der Waals surface area (Å²) in [6.45, 7) is 4.34. The number of hydrogen-bond donors (Lipinski definition) is 1. The Morgan fingerprint density at radius 2 is 0.704 bits per heavy atom. The Labute approximate surface area is 501 Å². The van der Waals surface area contributed by atoms with E-state index in [1.54, 1.807) is 0 Å². The minimum atomic E-state index is -4.40. The maximum absolute atomic E-state index is 12.9. The van der Waals surface area contributed by atoms with Crippen LogP contribution in [0.4, 0.5) is 0 Å². The number of nitrogens with zero attached hydrogens (tertiary/aromatic N) is 1. The van der Waals surface area contributed by atoms with Crippen LogP contribution < -0.4 is 0 Å². The van der Waals surface area contributed by atoms with E-state index in [1.165, 1.54) is 186 Å². The molecule has 1 N–H and O–H groups in total. The van der Waals surface area contributed by atoms with Crippen molar-refractivity contribution in [3.63, 3.8) is 0 Å². The van der Waals surface area contributed by atoms with E-state index < -0.39 is 26.5 Å². The van der Waals surface area contributed by atoms with Crippen molar-refractivity contribution in [2.45, 2.75) is 322 Å². The first kappa shape index (κ1) is 78.5. The third kappa shape index (κ3) is 66.5. The van der Waals surface area contributed by atoms with Gasteiger partial charge in [-0.05, 0) is 64.2 Å². The molecule has 0 bridgehead atoms. The SMILES string of the molecule is CC/C=C\C/C=C\C/C=C\C/C=C\C/C=C\C/C=C\CCCCCCCCC(=O)OC(COC(=O)CCCCCCCCCCCCCCCCCCCCCCCCCCCCCCCCCC)COP(=O)(O)OCC[N+](C)(C)C. The van der Waals surface area contributed by atoms with Crippen molar-refractivity contribution in [3.05, 3.63) is 72.9 Å². The van der Waals surface area contributed by atoms with Gasteiger partial charge in [0.1, 0.15) is 19.8 Å². The molecule has 0 amide bonds. The first-order chi connectivity index (χ1) is 39.5. The molecule has 0 radical (unpaired) electrons. The number of allylic oxidation sites excluding steroid dienone is 12. The average molecular weight is 1160 g/mol. The fourth-order valence-electron chi connectivity index (χ4n) is 9.79. The summed E-state index contributed by atoms with van der Waals surface area (Å²) in [4.78, 5) is 35.8. The summed E-state index contributed by atoms with van der Waals surface area (Å²) in [5.41, 5.74) is 0. The van der Waals surface area contributed by atoms with E-state index in [2.05, 4.69) is 86.8 Å². The van der Waals surface area contributed by atoms with Crippen LogP contribution in [0, 0.1) is 0 Å². The molecule has 0 saturated heterocycles. The van der Waals surface area contributed by atoms with Crippen LogP contribution in [0.5, 0.6) is 0 Å². The lowest BCUT2D eigenvalue weighted by atomic mass is 10.0. The quantitative estimate of drug-likeness (QED) is 0.0211. The molecule has 0 aromatic heterocycles. The van der Waals surface area contributed by atoms with Crippen LogP contribution in [-0.2, 0) is 32.7 Å². The molecule has 0 spiro atoms. The van der Waals surface area contributed by atoms with Crippen LogP contribution in [0.15, 0.2) is 72.9 Å². The first-order valence-corrected chi connectivity index (χ1v) is 35.7. The normalized spacial score (nSPS) is 13.6. The molecular formula is C71H131NO8P+. The molecule has 10 heteroatoms. The van der Waals surface area contributed by atoms with Crippen LogP contribution in [0.1, 0.15) is 316 Å². The monoisotopic (exact) mass is 1160 g/mol. The highest BCUT2D eigenvalue weighted by atomic mass is 31.2. The minimum Gasteiger partial charge on any atom is -0.462 e. The Kier molecular flexibility index (Phi) is 60.0. The molecule has 81 heavy (non-hydrogen) atoms. The molecule has 2 atom stereocenters. The molecular weight excluding hydrogens is 1030 g/mol. The van der Waals surface area contributed by atoms with Crippen LogP contribution in [0.25, 0.3) is 0 Å². The lowest BCUT2D eigenvalue weighted by Gasteiger charge is -2.24. The fraction of sp³-hybridized carbons (Fsp3) is 0.803. The van der Waals surface area contributed by atoms with Crippen LogP contribution in [0.2, 0.25) is 0 Å². The van der Waals surface area contributed by atoms with Crippen LogP contribution in [0.3, 0.4) is 0 Å². The van der Waals surface area contributed by atoms with Crippen molar-refractivity contribution >= 4 is 19.8 Å². The minimum absolute atomic E-state index is 0.0267. The summed E-state index contributed by atoms with van der Waals surface area (Å²) in [7, 11) is 1.47. The number of carbonyl (C=O) groups is 2. The molecule has 0 heterocycles. The van der Waals surface area contributed by atoms with Gasteiger partial charge in [-0.15, -0.1) is 0 Å². The number of likely N-dealkylation sites (N-methyl/N-ethyl adjacent to an activating group) is 1. The van der Waals surface area contributed by atoms with Crippen molar-refractivity contribution in [1.82, 2.24) is 0 Å². The molecule has 0 aromatic carbocycles. The molecule has 0 aliphatic heterocycles. The molecule has 2 unspecified atom stereocenters. The Morgan fingerprint density at radius 3 is 1.05 bits per heavy atom. The number of phosphoric acid groups is 1. The summed E-state index contributed by atoms with van der Waals surface area (Å²) >= 11 is 0. The standard InChI is InChI=1S/C71H130NO8P/c1-6-8-10-12-14-16-18-20-22-24-26-28-30-32-33-34-35-36-37-38-40-41-43-45-47-49-51-53-55-57-59-61-63-70(73)77-67-69(68-79-81(75,76)78-66-65-72(3,4)5)80-71(74)64-62-60-58-56-54-52-50-48-46-44-42-39-31-29-27-25-23-21-19-17-15-13-11-9-7-2/h9,11,15,17,21,23,27,29,39,42,46,48,69H,6-8,10,12-14,16,18-20,22,24-26,28,30-38,40-41,43-45,47,49-68H2,1-5H3/p+1/b11-9-,17-15-,23-21-,29-27-,42-39-,48-46-.